The molecule has 2 aromatic carbocycles. The van der Waals surface area contributed by atoms with Crippen molar-refractivity contribution in [2.24, 2.45) is 0 Å². The molecule has 10 nitrogen and oxygen atoms in total. The van der Waals surface area contributed by atoms with Crippen LogP contribution in [0.25, 0.3) is 0 Å². The molecule has 4 amide bonds. The number of likely N-dealkylation sites (N-methyl/N-ethyl adjacent to an activating group) is 2. The minimum Gasteiger partial charge on any atom is -0.394 e. The molecule has 4 N–H and O–H groups in total. The lowest BCUT2D eigenvalue weighted by atomic mass is 10.1. The van der Waals surface area contributed by atoms with Gasteiger partial charge in [0.15, 0.2) is 5.79 Å². The van der Waals surface area contributed by atoms with E-state index in [4.69, 9.17) is 32.7 Å². The molecule has 16 heteroatoms. The lowest BCUT2D eigenvalue weighted by Crippen LogP contribution is -2.46. The van der Waals surface area contributed by atoms with Crippen LogP contribution in [0.5, 0.6) is 0 Å². The number of nitrogens with zero attached hydrogens (tertiary/aromatic N) is 2. The number of amides is 4. The predicted molar refractivity (Wildman–Crippen MR) is 210 cm³/mol. The van der Waals surface area contributed by atoms with Crippen LogP contribution in [0.4, 0.5) is 18.4 Å². The van der Waals surface area contributed by atoms with Gasteiger partial charge < -0.3 is 40.1 Å². The van der Waals surface area contributed by atoms with Crippen molar-refractivity contribution < 1.29 is 38.1 Å². The highest BCUT2D eigenvalue weighted by molar-refractivity contribution is 7.59. The fourth-order valence-electron chi connectivity index (χ4n) is 4.38. The molecule has 1 aliphatic heterocycles. The Balaban J connectivity index is -0.000000393. The van der Waals surface area contributed by atoms with Crippen molar-refractivity contribution in [1.82, 2.24) is 20.4 Å². The number of carbonyl (C=O) groups excluding carboxylic acids is 2. The normalized spacial score (nSPS) is 14.9. The summed E-state index contributed by atoms with van der Waals surface area (Å²) in [5, 5.41) is 24.1. The average molecular weight is 792 g/mol. The SMILES string of the molecule is C.C.C.C=CC[C@@H](CO)N(C)C(=O)NCc1cccc(F)c1Cl.CN(C(=O)NCc1cccc(F)c1Cl)[C@H](CO)C[C@@H]1COC(C)(C)O1.S.S. The van der Waals surface area contributed by atoms with Crippen LogP contribution >= 0.6 is 50.2 Å². The second kappa shape index (κ2) is 26.5. The zero-order chi connectivity index (χ0) is 33.7. The maximum absolute atomic E-state index is 13.4. The van der Waals surface area contributed by atoms with Crippen molar-refractivity contribution >= 4 is 62.3 Å². The van der Waals surface area contributed by atoms with Gasteiger partial charge in [-0.05, 0) is 49.9 Å². The van der Waals surface area contributed by atoms with Gasteiger partial charge >= 0.3 is 12.1 Å². The van der Waals surface area contributed by atoms with Crippen LogP contribution in [0.2, 0.25) is 10.0 Å². The van der Waals surface area contributed by atoms with E-state index in [2.05, 4.69) is 17.2 Å². The minimum absolute atomic E-state index is 0. The third-order valence-electron chi connectivity index (χ3n) is 7.12. The van der Waals surface area contributed by atoms with Crippen molar-refractivity contribution in [3.05, 3.63) is 81.9 Å². The number of rotatable bonds is 12. The monoisotopic (exact) mass is 790 g/mol. The van der Waals surface area contributed by atoms with Gasteiger partial charge in [-0.25, -0.2) is 18.4 Å². The molecule has 0 saturated carbocycles. The Morgan fingerprint density at radius 3 is 1.70 bits per heavy atom. The molecule has 1 fully saturated rings. The number of aliphatic hydroxyl groups excluding tert-OH is 2. The van der Waals surface area contributed by atoms with Crippen molar-refractivity contribution in [1.29, 1.82) is 0 Å². The molecular weight excluding hydrogens is 733 g/mol. The van der Waals surface area contributed by atoms with Crippen molar-refractivity contribution in [3.63, 3.8) is 0 Å². The first kappa shape index (κ1) is 54.5. The molecule has 0 aromatic heterocycles. The zero-order valence-electron chi connectivity index (χ0n) is 26.9. The summed E-state index contributed by atoms with van der Waals surface area (Å²) in [5.41, 5.74) is 0.982. The Hall–Kier alpha value is -2.30. The van der Waals surface area contributed by atoms with E-state index in [0.29, 0.717) is 30.6 Å². The van der Waals surface area contributed by atoms with Gasteiger partial charge in [-0.15, -0.1) is 6.58 Å². The number of ether oxygens (including phenoxy) is 2. The van der Waals surface area contributed by atoms with Crippen LogP contribution in [-0.2, 0) is 22.6 Å². The maximum atomic E-state index is 13.4. The first-order valence-electron chi connectivity index (χ1n) is 14.3. The smallest absolute Gasteiger partial charge is 0.317 e. The number of urea groups is 2. The fraction of sp³-hybridized carbons (Fsp3) is 0.529. The molecule has 1 saturated heterocycles. The van der Waals surface area contributed by atoms with E-state index in [0.717, 1.165) is 0 Å². The summed E-state index contributed by atoms with van der Waals surface area (Å²) in [6.07, 6.45) is 2.37. The van der Waals surface area contributed by atoms with E-state index in [1.54, 1.807) is 32.3 Å². The average Bonchev–Trinajstić information content (AvgIpc) is 3.37. The Labute approximate surface area is 321 Å². The van der Waals surface area contributed by atoms with E-state index < -0.39 is 29.5 Å². The van der Waals surface area contributed by atoms with Crippen LogP contribution in [0.1, 0.15) is 60.1 Å². The third-order valence-corrected chi connectivity index (χ3v) is 7.97. The van der Waals surface area contributed by atoms with Gasteiger partial charge in [0, 0.05) is 27.2 Å². The molecule has 3 atom stereocenters. The van der Waals surface area contributed by atoms with Gasteiger partial charge in [-0.3, -0.25) is 0 Å². The number of nitrogens with one attached hydrogen (secondary N) is 2. The van der Waals surface area contributed by atoms with Crippen LogP contribution in [-0.4, -0.2) is 90.0 Å². The number of halogens is 4. The highest BCUT2D eigenvalue weighted by Crippen LogP contribution is 2.26. The number of hydrogen-bond acceptors (Lipinski definition) is 6. The molecule has 0 bridgehead atoms. The van der Waals surface area contributed by atoms with E-state index >= 15 is 0 Å². The van der Waals surface area contributed by atoms with Gasteiger partial charge in [0.25, 0.3) is 0 Å². The van der Waals surface area contributed by atoms with E-state index in [1.807, 2.05) is 13.8 Å². The largest absolute Gasteiger partial charge is 0.394 e. The zero-order valence-corrected chi connectivity index (χ0v) is 30.4. The van der Waals surface area contributed by atoms with Crippen molar-refractivity contribution in [2.45, 2.75) is 86.0 Å². The standard InChI is InChI=1S/C17H24ClFN2O4.C14H18ClFN2O2.3CH4.2H2S/c1-17(2)24-10-13(25-17)7-12(9-22)21(3)16(23)20-8-11-5-4-6-14(19)15(11)18;1-3-5-11(9-19)18(2)14(20)17-8-10-6-4-7-12(16)13(10)15;;;;;/h4-6,12-13,22H,7-10H2,1-3H3,(H,20,23);3-4,6-7,11,19H,1,5,8-9H2,2H3,(H,17,20);3*1H4;2*1H2/t12-,13+;11-;;;;;/m00...../s1. The summed E-state index contributed by atoms with van der Waals surface area (Å²) >= 11 is 11.7. The predicted octanol–water partition coefficient (Wildman–Crippen LogP) is 7.21. The molecule has 290 valence electrons. The molecule has 1 aliphatic rings. The van der Waals surface area contributed by atoms with Gasteiger partial charge in [0.2, 0.25) is 0 Å². The van der Waals surface area contributed by atoms with Crippen molar-refractivity contribution in [3.8, 4) is 0 Å². The Bertz CT molecular complexity index is 1300. The number of hydrogen-bond donors (Lipinski definition) is 4. The highest BCUT2D eigenvalue weighted by Gasteiger charge is 2.35. The summed E-state index contributed by atoms with van der Waals surface area (Å²) in [5.74, 6) is -1.71. The second-order valence-electron chi connectivity index (χ2n) is 10.8. The summed E-state index contributed by atoms with van der Waals surface area (Å²) in [6.45, 7) is 7.48. The van der Waals surface area contributed by atoms with Crippen LogP contribution in [0, 0.1) is 11.6 Å². The van der Waals surface area contributed by atoms with E-state index in [1.165, 1.54) is 34.1 Å². The number of aliphatic hydroxyl groups is 2. The Morgan fingerprint density at radius 1 is 0.920 bits per heavy atom. The highest BCUT2D eigenvalue weighted by atomic mass is 35.5. The van der Waals surface area contributed by atoms with Gasteiger partial charge in [-0.1, -0.05) is 75.8 Å². The first-order valence-corrected chi connectivity index (χ1v) is 15.0. The van der Waals surface area contributed by atoms with Crippen molar-refractivity contribution in [2.75, 3.05) is 33.9 Å². The molecule has 0 unspecified atom stereocenters. The van der Waals surface area contributed by atoms with E-state index in [-0.39, 0.29) is 104 Å². The summed E-state index contributed by atoms with van der Waals surface area (Å²) < 4.78 is 37.9. The molecule has 1 heterocycles. The molecule has 50 heavy (non-hydrogen) atoms. The molecule has 3 rings (SSSR count). The second-order valence-corrected chi connectivity index (χ2v) is 11.6. The van der Waals surface area contributed by atoms with Crippen LogP contribution in [0.15, 0.2) is 49.1 Å². The molecular formula is C34H58Cl2F2N4O6S2. The molecule has 0 radical (unpaired) electrons. The van der Waals surface area contributed by atoms with Gasteiger partial charge in [0.1, 0.15) is 11.6 Å². The quantitative estimate of drug-likeness (QED) is 0.169. The van der Waals surface area contributed by atoms with Crippen LogP contribution < -0.4 is 10.6 Å². The Morgan fingerprint density at radius 2 is 1.34 bits per heavy atom. The lowest BCUT2D eigenvalue weighted by molar-refractivity contribution is -0.140. The van der Waals surface area contributed by atoms with Crippen LogP contribution in [0.3, 0.4) is 0 Å². The fourth-order valence-corrected chi connectivity index (χ4v) is 4.76. The number of carbonyl (C=O) groups is 2. The van der Waals surface area contributed by atoms with E-state index in [9.17, 15) is 28.6 Å². The molecule has 0 aliphatic carbocycles. The lowest BCUT2D eigenvalue weighted by Gasteiger charge is -2.29. The van der Waals surface area contributed by atoms with Gasteiger partial charge in [0.05, 0.1) is 48.1 Å². The van der Waals surface area contributed by atoms with Gasteiger partial charge in [-0.2, -0.15) is 27.0 Å². The summed E-state index contributed by atoms with van der Waals surface area (Å²) in [6, 6.07) is 7.32. The topological polar surface area (TPSA) is 124 Å². The maximum Gasteiger partial charge on any atom is 0.317 e. The summed E-state index contributed by atoms with van der Waals surface area (Å²) in [7, 11) is 3.16. The molecule has 0 spiro atoms. The first-order chi connectivity index (χ1) is 21.2. The minimum atomic E-state index is -0.653. The summed E-state index contributed by atoms with van der Waals surface area (Å²) in [4.78, 5) is 27.0. The number of benzene rings is 2. The Kier molecular flexibility index (Phi) is 28.8. The third kappa shape index (κ3) is 16.8. The molecule has 2 aromatic rings.